The first-order valence-electron chi connectivity index (χ1n) is 21.6. The molecule has 0 atom stereocenters. The van der Waals surface area contributed by atoms with Crippen LogP contribution in [-0.4, -0.2) is 5.11 Å². The molecule has 1 N–H and O–H groups in total. The van der Waals surface area contributed by atoms with Gasteiger partial charge in [0, 0.05) is 10.8 Å². The second-order valence-electron chi connectivity index (χ2n) is 12.1. The second kappa shape index (κ2) is 11.2. The Morgan fingerprint density at radius 2 is 1.06 bits per heavy atom. The van der Waals surface area contributed by atoms with E-state index in [2.05, 4.69) is 0 Å². The normalized spacial score (nSPS) is 14.8. The fraction of sp³-hybridized carbons (Fsp3) is 0. The predicted octanol–water partition coefficient (Wildman–Crippen LogP) is 13.4. The van der Waals surface area contributed by atoms with Gasteiger partial charge in [-0.1, -0.05) is 139 Å². The van der Waals surface area contributed by atoms with Crippen LogP contribution in [-0.2, 0) is 0 Å². The monoisotopic (exact) mass is 649 g/mol. The largest absolute Gasteiger partial charge is 0.504 e. The van der Waals surface area contributed by atoms with Gasteiger partial charge in [0.25, 0.3) is 0 Å². The van der Waals surface area contributed by atoms with E-state index in [0.29, 0.717) is 43.8 Å². The molecule has 0 aliphatic heterocycles. The highest BCUT2D eigenvalue weighted by molar-refractivity contribution is 6.26. The van der Waals surface area contributed by atoms with Crippen molar-refractivity contribution in [3.05, 3.63) is 176 Å². The van der Waals surface area contributed by atoms with Gasteiger partial charge in [0.1, 0.15) is 5.58 Å². The molecule has 10 rings (SSSR count). The lowest BCUT2D eigenvalue weighted by Gasteiger charge is -2.19. The minimum absolute atomic E-state index is 0.0266. The zero-order chi connectivity index (χ0) is 42.8. The van der Waals surface area contributed by atoms with Crippen molar-refractivity contribution in [1.82, 2.24) is 0 Å². The lowest BCUT2D eigenvalue weighted by Crippen LogP contribution is -1.92. The molecule has 0 aliphatic rings. The lowest BCUT2D eigenvalue weighted by atomic mass is 9.83. The summed E-state index contributed by atoms with van der Waals surface area (Å²) >= 11 is 0. The summed E-state index contributed by atoms with van der Waals surface area (Å²) in [7, 11) is 0. The molecule has 0 unspecified atom stereocenters. The number of hydrogen-bond donors (Lipinski definition) is 1. The van der Waals surface area contributed by atoms with Crippen LogP contribution in [0.2, 0.25) is 0 Å². The Balaban J connectivity index is 1.40. The van der Waals surface area contributed by atoms with Crippen molar-refractivity contribution in [2.75, 3.05) is 0 Å². The number of phenols is 1. The molecule has 0 saturated carbocycles. The summed E-state index contributed by atoms with van der Waals surface area (Å²) in [6, 6.07) is 28.1. The van der Waals surface area contributed by atoms with E-state index in [0.717, 1.165) is 0 Å². The summed E-state index contributed by atoms with van der Waals surface area (Å²) in [4.78, 5) is 0. The Hall–Kier alpha value is -6.64. The van der Waals surface area contributed by atoms with Gasteiger partial charge in [0.15, 0.2) is 11.3 Å². The average molecular weight is 650 g/mol. The van der Waals surface area contributed by atoms with Crippen LogP contribution in [0.5, 0.6) is 5.75 Å². The molecule has 2 nitrogen and oxygen atoms in total. The molecule has 10 aromatic rings. The number of fused-ring (bicyclic) bond motifs is 6. The standard InChI is InChI=1S/C48H30O2/c49-43-26-25-41(47-40-24-23-32(29-44(40)50-48(43)47)30-13-3-1-4-14-30)46-38-21-11-9-19-36(38)45(37-20-10-12-22-39(37)46)34-27-33-17-7-8-18-35(33)42(28-34)31-15-5-2-6-16-31/h1-29,49H/i7D,8D,17D,18D,23D,24D,25D,26D,27D,28D,29D. The third-order valence-electron chi connectivity index (χ3n) is 9.22. The van der Waals surface area contributed by atoms with E-state index in [1.165, 1.54) is 0 Å². The number of rotatable bonds is 4. The first-order valence-corrected chi connectivity index (χ1v) is 16.1. The zero-order valence-electron chi connectivity index (χ0n) is 37.2. The first kappa shape index (κ1) is 19.4. The molecule has 0 spiro atoms. The summed E-state index contributed by atoms with van der Waals surface area (Å²) in [5.41, 5.74) is 2.21. The van der Waals surface area contributed by atoms with Crippen LogP contribution >= 0.6 is 0 Å². The number of hydrogen-bond acceptors (Lipinski definition) is 2. The highest BCUT2D eigenvalue weighted by atomic mass is 16.4. The Labute approximate surface area is 304 Å². The van der Waals surface area contributed by atoms with Gasteiger partial charge in [0.2, 0.25) is 0 Å². The van der Waals surface area contributed by atoms with Crippen LogP contribution in [0.15, 0.2) is 180 Å². The topological polar surface area (TPSA) is 33.4 Å². The third kappa shape index (κ3) is 4.36. The first-order chi connectivity index (χ1) is 29.3. The smallest absolute Gasteiger partial charge is 0.177 e. The van der Waals surface area contributed by atoms with Crippen LogP contribution in [0.3, 0.4) is 0 Å². The van der Waals surface area contributed by atoms with E-state index >= 15 is 0 Å². The number of benzene rings is 9. The van der Waals surface area contributed by atoms with Crippen LogP contribution in [0.25, 0.3) is 98.8 Å². The predicted molar refractivity (Wildman–Crippen MR) is 210 cm³/mol. The lowest BCUT2D eigenvalue weighted by molar-refractivity contribution is 0.469. The quantitative estimate of drug-likeness (QED) is 0.193. The summed E-state index contributed by atoms with van der Waals surface area (Å²) < 4.78 is 107. The summed E-state index contributed by atoms with van der Waals surface area (Å²) in [6.07, 6.45) is 0. The molecule has 0 fully saturated rings. The number of phenolic OH excluding ortho intramolecular Hbond substituents is 1. The number of furan rings is 1. The summed E-state index contributed by atoms with van der Waals surface area (Å²) in [5.74, 6) is -0.649. The van der Waals surface area contributed by atoms with Crippen molar-refractivity contribution in [3.63, 3.8) is 0 Å². The van der Waals surface area contributed by atoms with Crippen LogP contribution in [0.1, 0.15) is 15.1 Å². The van der Waals surface area contributed by atoms with E-state index in [-0.39, 0.29) is 91.2 Å². The van der Waals surface area contributed by atoms with Crippen LogP contribution < -0.4 is 0 Å². The van der Waals surface area contributed by atoms with Crippen molar-refractivity contribution in [2.24, 2.45) is 0 Å². The Bertz CT molecular complexity index is 3490. The zero-order valence-corrected chi connectivity index (χ0v) is 26.2. The van der Waals surface area contributed by atoms with Crippen LogP contribution in [0, 0.1) is 0 Å². The van der Waals surface area contributed by atoms with Gasteiger partial charge < -0.3 is 9.52 Å². The van der Waals surface area contributed by atoms with E-state index in [1.54, 1.807) is 109 Å². The highest BCUT2D eigenvalue weighted by Gasteiger charge is 2.22. The van der Waals surface area contributed by atoms with Crippen molar-refractivity contribution in [3.8, 4) is 50.3 Å². The maximum absolute atomic E-state index is 11.4. The molecule has 2 heteroatoms. The third-order valence-corrected chi connectivity index (χ3v) is 9.22. The molecule has 234 valence electrons. The minimum atomic E-state index is -0.649. The fourth-order valence-corrected chi connectivity index (χ4v) is 7.04. The summed E-state index contributed by atoms with van der Waals surface area (Å²) in [6.45, 7) is 0. The van der Waals surface area contributed by atoms with E-state index < -0.39 is 36.0 Å². The maximum atomic E-state index is 11.4. The van der Waals surface area contributed by atoms with Gasteiger partial charge in [-0.15, -0.1) is 0 Å². The maximum Gasteiger partial charge on any atom is 0.177 e. The molecule has 0 radical (unpaired) electrons. The molecule has 50 heavy (non-hydrogen) atoms. The van der Waals surface area contributed by atoms with Crippen molar-refractivity contribution >= 4 is 54.3 Å². The van der Waals surface area contributed by atoms with Crippen molar-refractivity contribution in [2.45, 2.75) is 0 Å². The Morgan fingerprint density at radius 1 is 0.440 bits per heavy atom. The SMILES string of the molecule is [2H]c1c([2H])c(-c2c3ccccc3c(-c3c([2H])c(-c4ccccc4)c4c([2H])c([2H])c([2H])c([2H])c4c3[2H])c3ccccc23)c2c(oc3c([2H])c(-c4ccccc4)c([2H])c([2H])c32)c1O. The van der Waals surface area contributed by atoms with Gasteiger partial charge in [0.05, 0.1) is 15.1 Å². The van der Waals surface area contributed by atoms with Gasteiger partial charge in [-0.05, 0) is 113 Å². The Morgan fingerprint density at radius 3 is 1.76 bits per heavy atom. The highest BCUT2D eigenvalue weighted by Crippen LogP contribution is 2.49. The molecule has 1 aromatic heterocycles. The van der Waals surface area contributed by atoms with Crippen molar-refractivity contribution in [1.29, 1.82) is 0 Å². The van der Waals surface area contributed by atoms with Gasteiger partial charge in [-0.25, -0.2) is 0 Å². The van der Waals surface area contributed by atoms with Gasteiger partial charge in [-0.3, -0.25) is 0 Å². The molecule has 0 saturated heterocycles. The fourth-order valence-electron chi connectivity index (χ4n) is 7.04. The Kier molecular flexibility index (Phi) is 4.35. The molecule has 0 bridgehead atoms. The number of aromatic hydroxyl groups is 1. The minimum Gasteiger partial charge on any atom is -0.504 e. The second-order valence-corrected chi connectivity index (χ2v) is 12.1. The molecule has 0 amide bonds. The molecular formula is C48H30O2. The van der Waals surface area contributed by atoms with E-state index in [4.69, 9.17) is 12.6 Å². The molecule has 0 aliphatic carbocycles. The van der Waals surface area contributed by atoms with E-state index in [1.807, 2.05) is 0 Å². The van der Waals surface area contributed by atoms with Gasteiger partial charge >= 0.3 is 0 Å². The van der Waals surface area contributed by atoms with Gasteiger partial charge in [-0.2, -0.15) is 0 Å². The molecule has 9 aromatic carbocycles. The molecular weight excluding hydrogens is 609 g/mol. The average Bonchev–Trinajstić information content (AvgIpc) is 3.68. The summed E-state index contributed by atoms with van der Waals surface area (Å²) in [5, 5.41) is 13.6. The van der Waals surface area contributed by atoms with E-state index in [9.17, 15) is 12.0 Å². The molecule has 1 heterocycles. The van der Waals surface area contributed by atoms with Crippen LogP contribution in [0.4, 0.5) is 0 Å². The van der Waals surface area contributed by atoms with Crippen molar-refractivity contribution < 1.29 is 24.6 Å².